The Morgan fingerprint density at radius 1 is 0.346 bits per heavy atom. The van der Waals surface area contributed by atoms with Crippen molar-refractivity contribution >= 4 is 28.8 Å². The highest BCUT2D eigenvalue weighted by Crippen LogP contribution is 2.62. The van der Waals surface area contributed by atoms with Crippen LogP contribution in [-0.4, -0.2) is 0 Å². The molecule has 0 aromatic heterocycles. The van der Waals surface area contributed by atoms with E-state index in [1.165, 1.54) is 54.3 Å². The molecule has 10 rings (SSSR count). The van der Waals surface area contributed by atoms with E-state index in [4.69, 9.17) is 4.74 Å². The standard InChI is InChI=1S/C49H33NOS/c1-4-16-34(17-5-1)36-30-37(35-18-6-2-7-19-35)32-40(31-36)50(38-20-8-3-9-21-38)39-28-29-44-48(33-39)52-47-27-15-12-24-43(47)49(44)41-22-10-13-25-45(41)51-46-26-14-11-23-42(46)49/h1-33H. The second-order valence-electron chi connectivity index (χ2n) is 13.3. The Bertz CT molecular complexity index is 2460. The number of benzene rings is 8. The third kappa shape index (κ3) is 4.89. The van der Waals surface area contributed by atoms with Crippen molar-refractivity contribution in [2.45, 2.75) is 15.2 Å². The van der Waals surface area contributed by atoms with Crippen molar-refractivity contribution in [2.75, 3.05) is 4.90 Å². The van der Waals surface area contributed by atoms with E-state index in [1.807, 2.05) is 11.8 Å². The molecule has 0 amide bonds. The maximum absolute atomic E-state index is 6.59. The summed E-state index contributed by atoms with van der Waals surface area (Å²) in [4.78, 5) is 4.88. The molecule has 2 heterocycles. The second kappa shape index (κ2) is 12.5. The van der Waals surface area contributed by atoms with Crippen molar-refractivity contribution in [3.63, 3.8) is 0 Å². The van der Waals surface area contributed by atoms with Crippen LogP contribution in [0, 0.1) is 0 Å². The number of para-hydroxylation sites is 3. The van der Waals surface area contributed by atoms with Crippen molar-refractivity contribution in [1.82, 2.24) is 0 Å². The number of nitrogens with zero attached hydrogens (tertiary/aromatic N) is 1. The fraction of sp³-hybridized carbons (Fsp3) is 0.0204. The molecule has 1 spiro atoms. The summed E-state index contributed by atoms with van der Waals surface area (Å²) >= 11 is 1.85. The predicted octanol–water partition coefficient (Wildman–Crippen LogP) is 13.4. The number of fused-ring (bicyclic) bond motifs is 8. The van der Waals surface area contributed by atoms with Gasteiger partial charge in [0.2, 0.25) is 0 Å². The Morgan fingerprint density at radius 3 is 1.46 bits per heavy atom. The molecule has 0 saturated carbocycles. The second-order valence-corrected chi connectivity index (χ2v) is 14.4. The molecule has 2 aliphatic rings. The van der Waals surface area contributed by atoms with Crippen LogP contribution in [0.1, 0.15) is 22.3 Å². The van der Waals surface area contributed by atoms with Gasteiger partial charge in [-0.2, -0.15) is 0 Å². The lowest BCUT2D eigenvalue weighted by Gasteiger charge is -2.45. The van der Waals surface area contributed by atoms with Crippen molar-refractivity contribution in [3.05, 3.63) is 222 Å². The molecule has 0 bridgehead atoms. The SMILES string of the molecule is c1ccc(-c2cc(-c3ccccc3)cc(N(c3ccccc3)c3ccc4c(c3)Sc3ccccc3C43c4ccccc4Oc4ccccc43)c2)cc1. The molecular formula is C49H33NOS. The molecule has 0 radical (unpaired) electrons. The monoisotopic (exact) mass is 683 g/mol. The van der Waals surface area contributed by atoms with Gasteiger partial charge in [0, 0.05) is 38.0 Å². The van der Waals surface area contributed by atoms with Gasteiger partial charge < -0.3 is 9.64 Å². The van der Waals surface area contributed by atoms with Gasteiger partial charge in [-0.05, 0) is 94.0 Å². The summed E-state index contributed by atoms with van der Waals surface area (Å²) in [6, 6.07) is 72.1. The van der Waals surface area contributed by atoms with Gasteiger partial charge in [-0.1, -0.05) is 151 Å². The van der Waals surface area contributed by atoms with Crippen molar-refractivity contribution in [3.8, 4) is 33.8 Å². The van der Waals surface area contributed by atoms with E-state index in [0.717, 1.165) is 28.6 Å². The normalized spacial score (nSPS) is 13.2. The van der Waals surface area contributed by atoms with Gasteiger partial charge in [0.25, 0.3) is 0 Å². The zero-order valence-corrected chi connectivity index (χ0v) is 29.1. The molecule has 2 nitrogen and oxygen atoms in total. The van der Waals surface area contributed by atoms with Crippen LogP contribution in [0.25, 0.3) is 22.3 Å². The Balaban J connectivity index is 1.22. The highest BCUT2D eigenvalue weighted by Gasteiger charge is 2.49. The Labute approximate surface area is 308 Å². The van der Waals surface area contributed by atoms with E-state index in [0.29, 0.717) is 0 Å². The minimum Gasteiger partial charge on any atom is -0.457 e. The minimum atomic E-state index is -0.535. The summed E-state index contributed by atoms with van der Waals surface area (Å²) in [5, 5.41) is 0. The first kappa shape index (κ1) is 30.5. The van der Waals surface area contributed by atoms with Gasteiger partial charge >= 0.3 is 0 Å². The summed E-state index contributed by atoms with van der Waals surface area (Å²) in [5.74, 6) is 1.80. The predicted molar refractivity (Wildman–Crippen MR) is 215 cm³/mol. The van der Waals surface area contributed by atoms with Crippen LogP contribution in [0.5, 0.6) is 11.5 Å². The fourth-order valence-corrected chi connectivity index (χ4v) is 9.33. The van der Waals surface area contributed by atoms with E-state index in [-0.39, 0.29) is 0 Å². The molecular weight excluding hydrogens is 651 g/mol. The zero-order valence-electron chi connectivity index (χ0n) is 28.3. The Kier molecular flexibility index (Phi) is 7.33. The van der Waals surface area contributed by atoms with Gasteiger partial charge in [-0.25, -0.2) is 0 Å². The lowest BCUT2D eigenvalue weighted by molar-refractivity contribution is 0.431. The zero-order chi connectivity index (χ0) is 34.5. The lowest BCUT2D eigenvalue weighted by atomic mass is 9.63. The van der Waals surface area contributed by atoms with Gasteiger partial charge in [-0.15, -0.1) is 0 Å². The quantitative estimate of drug-likeness (QED) is 0.179. The number of hydrogen-bond acceptors (Lipinski definition) is 3. The molecule has 8 aromatic rings. The maximum atomic E-state index is 6.59. The summed E-state index contributed by atoms with van der Waals surface area (Å²) in [6.07, 6.45) is 0. The number of anilines is 3. The highest BCUT2D eigenvalue weighted by atomic mass is 32.2. The van der Waals surface area contributed by atoms with Gasteiger partial charge in [0.05, 0.1) is 5.41 Å². The van der Waals surface area contributed by atoms with E-state index in [2.05, 4.69) is 205 Å². The van der Waals surface area contributed by atoms with Crippen LogP contribution in [-0.2, 0) is 5.41 Å². The fourth-order valence-electron chi connectivity index (χ4n) is 8.11. The van der Waals surface area contributed by atoms with Crippen molar-refractivity contribution in [1.29, 1.82) is 0 Å². The minimum absolute atomic E-state index is 0.535. The average molecular weight is 684 g/mol. The third-order valence-electron chi connectivity index (χ3n) is 10.3. The Hall–Kier alpha value is -6.29. The third-order valence-corrected chi connectivity index (χ3v) is 11.5. The van der Waals surface area contributed by atoms with Crippen molar-refractivity contribution in [2.24, 2.45) is 0 Å². The Morgan fingerprint density at radius 2 is 0.846 bits per heavy atom. The highest BCUT2D eigenvalue weighted by molar-refractivity contribution is 7.99. The van der Waals surface area contributed by atoms with Crippen LogP contribution >= 0.6 is 11.8 Å². The lowest BCUT2D eigenvalue weighted by Crippen LogP contribution is -2.36. The van der Waals surface area contributed by atoms with E-state index in [9.17, 15) is 0 Å². The first-order valence-corrected chi connectivity index (χ1v) is 18.5. The summed E-state index contributed by atoms with van der Waals surface area (Å²) in [7, 11) is 0. The van der Waals surface area contributed by atoms with E-state index < -0.39 is 5.41 Å². The van der Waals surface area contributed by atoms with Crippen LogP contribution < -0.4 is 9.64 Å². The topological polar surface area (TPSA) is 12.5 Å². The van der Waals surface area contributed by atoms with Gasteiger partial charge in [0.1, 0.15) is 11.5 Å². The van der Waals surface area contributed by atoms with Crippen LogP contribution in [0.3, 0.4) is 0 Å². The van der Waals surface area contributed by atoms with E-state index in [1.54, 1.807) is 0 Å². The van der Waals surface area contributed by atoms with E-state index >= 15 is 0 Å². The largest absolute Gasteiger partial charge is 0.457 e. The molecule has 0 N–H and O–H groups in total. The summed E-state index contributed by atoms with van der Waals surface area (Å²) in [5.41, 5.74) is 12.4. The first-order valence-electron chi connectivity index (χ1n) is 17.7. The molecule has 0 aliphatic carbocycles. The first-order chi connectivity index (χ1) is 25.8. The molecule has 52 heavy (non-hydrogen) atoms. The number of hydrogen-bond donors (Lipinski definition) is 0. The molecule has 0 saturated heterocycles. The molecule has 3 heteroatoms. The maximum Gasteiger partial charge on any atom is 0.132 e. The summed E-state index contributed by atoms with van der Waals surface area (Å²) in [6.45, 7) is 0. The molecule has 0 atom stereocenters. The average Bonchev–Trinajstić information content (AvgIpc) is 3.22. The van der Waals surface area contributed by atoms with Gasteiger partial charge in [0.15, 0.2) is 0 Å². The molecule has 246 valence electrons. The molecule has 2 aliphatic heterocycles. The molecule has 8 aromatic carbocycles. The smallest absolute Gasteiger partial charge is 0.132 e. The van der Waals surface area contributed by atoms with Crippen LogP contribution in [0.15, 0.2) is 210 Å². The molecule has 0 unspecified atom stereocenters. The van der Waals surface area contributed by atoms with Gasteiger partial charge in [-0.3, -0.25) is 0 Å². The van der Waals surface area contributed by atoms with Crippen molar-refractivity contribution < 1.29 is 4.74 Å². The number of rotatable bonds is 5. The number of ether oxygens (including phenoxy) is 1. The molecule has 0 fully saturated rings. The summed E-state index contributed by atoms with van der Waals surface area (Å²) < 4.78 is 6.59. The van der Waals surface area contributed by atoms with Crippen LogP contribution in [0.4, 0.5) is 17.1 Å². The van der Waals surface area contributed by atoms with Crippen LogP contribution in [0.2, 0.25) is 0 Å².